The van der Waals surface area contributed by atoms with Crippen LogP contribution in [-0.4, -0.2) is 5.78 Å². The second-order valence-corrected chi connectivity index (χ2v) is 7.38. The minimum Gasteiger partial charge on any atom is -0.298 e. The third-order valence-corrected chi connectivity index (χ3v) is 5.60. The predicted octanol–water partition coefficient (Wildman–Crippen LogP) is 4.90. The molecular formula is C15H18OS2. The molecule has 0 amide bonds. The summed E-state index contributed by atoms with van der Waals surface area (Å²) in [6.07, 6.45) is 0. The molecule has 0 saturated carbocycles. The fraction of sp³-hybridized carbons (Fsp3) is 0.400. The number of rotatable bonds is 4. The monoisotopic (exact) mass is 278 g/mol. The van der Waals surface area contributed by atoms with Gasteiger partial charge < -0.3 is 0 Å². The summed E-state index contributed by atoms with van der Waals surface area (Å²) in [6.45, 7) is 8.20. The van der Waals surface area contributed by atoms with Crippen molar-refractivity contribution in [3.63, 3.8) is 0 Å². The zero-order chi connectivity index (χ0) is 13.3. The number of aryl methyl sites for hydroxylation is 2. The molecule has 1 nitrogen and oxygen atoms in total. The first-order valence-corrected chi connectivity index (χ1v) is 7.78. The summed E-state index contributed by atoms with van der Waals surface area (Å²) >= 11 is 3.45. The highest BCUT2D eigenvalue weighted by atomic mass is 32.1. The molecule has 0 aliphatic heterocycles. The van der Waals surface area contributed by atoms with Crippen LogP contribution < -0.4 is 0 Å². The summed E-state index contributed by atoms with van der Waals surface area (Å²) in [4.78, 5) is 17.4. The van der Waals surface area contributed by atoms with E-state index >= 15 is 0 Å². The molecular weight excluding hydrogens is 260 g/mol. The van der Waals surface area contributed by atoms with Gasteiger partial charge in [-0.05, 0) is 38.1 Å². The van der Waals surface area contributed by atoms with Gasteiger partial charge in [0.05, 0.1) is 0 Å². The van der Waals surface area contributed by atoms with Gasteiger partial charge in [-0.15, -0.1) is 22.7 Å². The standard InChI is InChI=1S/C15H18OS2/c1-9-5-7-13(17-9)11(3)15(16)12(4)14-8-6-10(2)18-14/h5-8,11-12H,1-4H3. The summed E-state index contributed by atoms with van der Waals surface area (Å²) in [5.41, 5.74) is 0. The topological polar surface area (TPSA) is 17.1 Å². The Labute approximate surface area is 116 Å². The van der Waals surface area contributed by atoms with E-state index in [-0.39, 0.29) is 11.8 Å². The maximum absolute atomic E-state index is 12.5. The van der Waals surface area contributed by atoms with E-state index in [2.05, 4.69) is 38.1 Å². The average Bonchev–Trinajstić information content (AvgIpc) is 2.95. The van der Waals surface area contributed by atoms with Crippen LogP contribution in [0.3, 0.4) is 0 Å². The van der Waals surface area contributed by atoms with E-state index < -0.39 is 0 Å². The lowest BCUT2D eigenvalue weighted by atomic mass is 9.93. The molecule has 2 unspecified atom stereocenters. The van der Waals surface area contributed by atoms with E-state index in [1.807, 2.05) is 13.8 Å². The molecule has 3 heteroatoms. The van der Waals surface area contributed by atoms with Crippen LogP contribution in [0.25, 0.3) is 0 Å². The zero-order valence-corrected chi connectivity index (χ0v) is 12.8. The van der Waals surface area contributed by atoms with Gasteiger partial charge >= 0.3 is 0 Å². The molecule has 0 bridgehead atoms. The number of carbonyl (C=O) groups is 1. The average molecular weight is 278 g/mol. The normalized spacial score (nSPS) is 14.4. The van der Waals surface area contributed by atoms with E-state index in [0.717, 1.165) is 0 Å². The summed E-state index contributed by atoms with van der Waals surface area (Å²) < 4.78 is 0. The van der Waals surface area contributed by atoms with Crippen LogP contribution in [0.5, 0.6) is 0 Å². The van der Waals surface area contributed by atoms with Gasteiger partial charge in [0, 0.05) is 31.3 Å². The molecule has 2 rings (SSSR count). The van der Waals surface area contributed by atoms with Crippen LogP contribution >= 0.6 is 22.7 Å². The van der Waals surface area contributed by atoms with Crippen LogP contribution in [0.15, 0.2) is 24.3 Å². The summed E-state index contributed by atoms with van der Waals surface area (Å²) in [7, 11) is 0. The van der Waals surface area contributed by atoms with Crippen LogP contribution in [-0.2, 0) is 4.79 Å². The van der Waals surface area contributed by atoms with Gasteiger partial charge in [-0.1, -0.05) is 13.8 Å². The van der Waals surface area contributed by atoms with Gasteiger partial charge in [0.25, 0.3) is 0 Å². The summed E-state index contributed by atoms with van der Waals surface area (Å²) in [5, 5.41) is 0. The number of carbonyl (C=O) groups excluding carboxylic acids is 1. The van der Waals surface area contributed by atoms with Crippen molar-refractivity contribution in [3.8, 4) is 0 Å². The van der Waals surface area contributed by atoms with E-state index in [1.165, 1.54) is 19.5 Å². The summed E-state index contributed by atoms with van der Waals surface area (Å²) in [6, 6.07) is 8.33. The molecule has 2 aromatic rings. The van der Waals surface area contributed by atoms with Crippen molar-refractivity contribution in [2.24, 2.45) is 0 Å². The van der Waals surface area contributed by atoms with E-state index in [9.17, 15) is 4.79 Å². The molecule has 0 N–H and O–H groups in total. The van der Waals surface area contributed by atoms with Crippen molar-refractivity contribution in [3.05, 3.63) is 43.8 Å². The third-order valence-electron chi connectivity index (χ3n) is 3.23. The molecule has 2 aromatic heterocycles. The van der Waals surface area contributed by atoms with Gasteiger partial charge in [0.1, 0.15) is 5.78 Å². The predicted molar refractivity (Wildman–Crippen MR) is 79.9 cm³/mol. The maximum atomic E-state index is 12.5. The Morgan fingerprint density at radius 1 is 0.889 bits per heavy atom. The van der Waals surface area contributed by atoms with Crippen LogP contribution in [0.1, 0.15) is 45.2 Å². The molecule has 0 fully saturated rings. The van der Waals surface area contributed by atoms with E-state index in [4.69, 9.17) is 0 Å². The Hall–Kier alpha value is -0.930. The van der Waals surface area contributed by atoms with Crippen molar-refractivity contribution in [2.75, 3.05) is 0 Å². The second-order valence-electron chi connectivity index (χ2n) is 4.74. The van der Waals surface area contributed by atoms with Crippen molar-refractivity contribution in [1.82, 2.24) is 0 Å². The first-order valence-electron chi connectivity index (χ1n) is 6.15. The highest BCUT2D eigenvalue weighted by Gasteiger charge is 2.24. The van der Waals surface area contributed by atoms with Crippen molar-refractivity contribution in [2.45, 2.75) is 39.5 Å². The first-order chi connectivity index (χ1) is 8.49. The van der Waals surface area contributed by atoms with Crippen LogP contribution in [0.2, 0.25) is 0 Å². The lowest BCUT2D eigenvalue weighted by Gasteiger charge is -2.13. The number of thiophene rings is 2. The Bertz CT molecular complexity index is 502. The molecule has 0 spiro atoms. The Kier molecular flexibility index (Phi) is 4.03. The fourth-order valence-corrected chi connectivity index (χ4v) is 3.90. The van der Waals surface area contributed by atoms with Crippen LogP contribution in [0, 0.1) is 13.8 Å². The third kappa shape index (κ3) is 2.73. The highest BCUT2D eigenvalue weighted by Crippen LogP contribution is 2.32. The molecule has 18 heavy (non-hydrogen) atoms. The lowest BCUT2D eigenvalue weighted by Crippen LogP contribution is -2.14. The summed E-state index contributed by atoms with van der Waals surface area (Å²) in [5.74, 6) is 0.320. The van der Waals surface area contributed by atoms with Gasteiger partial charge in [-0.3, -0.25) is 4.79 Å². The number of hydrogen-bond acceptors (Lipinski definition) is 3. The largest absolute Gasteiger partial charge is 0.298 e. The van der Waals surface area contributed by atoms with Crippen molar-refractivity contribution in [1.29, 1.82) is 0 Å². The highest BCUT2D eigenvalue weighted by molar-refractivity contribution is 7.12. The number of hydrogen-bond donors (Lipinski definition) is 0. The minimum atomic E-state index is 0.00102. The first kappa shape index (κ1) is 13.5. The Balaban J connectivity index is 2.16. The lowest BCUT2D eigenvalue weighted by molar-refractivity contribution is -0.121. The van der Waals surface area contributed by atoms with Crippen LogP contribution in [0.4, 0.5) is 0 Å². The smallest absolute Gasteiger partial charge is 0.148 e. The van der Waals surface area contributed by atoms with Gasteiger partial charge in [0.15, 0.2) is 0 Å². The fourth-order valence-electron chi connectivity index (χ4n) is 2.03. The minimum absolute atomic E-state index is 0.00102. The molecule has 96 valence electrons. The van der Waals surface area contributed by atoms with Gasteiger partial charge in [-0.2, -0.15) is 0 Å². The number of Topliss-reactive ketones (excluding diaryl/α,β-unsaturated/α-hetero) is 1. The SMILES string of the molecule is Cc1ccc(C(C)C(=O)C(C)c2ccc(C)s2)s1. The Morgan fingerprint density at radius 3 is 1.56 bits per heavy atom. The van der Waals surface area contributed by atoms with Gasteiger partial charge in [-0.25, -0.2) is 0 Å². The van der Waals surface area contributed by atoms with Crippen molar-refractivity contribution < 1.29 is 4.79 Å². The Morgan fingerprint density at radius 2 is 1.28 bits per heavy atom. The molecule has 0 aromatic carbocycles. The molecule has 0 aliphatic carbocycles. The molecule has 0 saturated heterocycles. The zero-order valence-electron chi connectivity index (χ0n) is 11.2. The molecule has 0 aliphatic rings. The number of ketones is 1. The van der Waals surface area contributed by atoms with Crippen molar-refractivity contribution >= 4 is 28.5 Å². The van der Waals surface area contributed by atoms with Gasteiger partial charge in [0.2, 0.25) is 0 Å². The molecule has 2 heterocycles. The second kappa shape index (κ2) is 5.37. The molecule has 2 atom stereocenters. The van der Waals surface area contributed by atoms with E-state index in [1.54, 1.807) is 22.7 Å². The quantitative estimate of drug-likeness (QED) is 0.777. The maximum Gasteiger partial charge on any atom is 0.148 e. The van der Waals surface area contributed by atoms with E-state index in [0.29, 0.717) is 5.78 Å². The molecule has 0 radical (unpaired) electrons.